The van der Waals surface area contributed by atoms with Crippen molar-refractivity contribution in [3.05, 3.63) is 63.7 Å². The Morgan fingerprint density at radius 1 is 1.08 bits per heavy atom. The van der Waals surface area contributed by atoms with Crippen molar-refractivity contribution in [2.24, 2.45) is 0 Å². The molecule has 1 atom stereocenters. The van der Waals surface area contributed by atoms with Crippen LogP contribution in [0.4, 0.5) is 0 Å². The van der Waals surface area contributed by atoms with Crippen molar-refractivity contribution in [3.63, 3.8) is 0 Å². The van der Waals surface area contributed by atoms with Gasteiger partial charge in [0.25, 0.3) is 0 Å². The number of carbonyl (C=O) groups is 1. The normalized spacial score (nSPS) is 12.6. The first-order valence-electron chi connectivity index (χ1n) is 7.52. The number of likely N-dealkylation sites (N-methyl/N-ethyl adjacent to an activating group) is 1. The summed E-state index contributed by atoms with van der Waals surface area (Å²) in [5, 5.41) is 2.68. The lowest BCUT2D eigenvalue weighted by Crippen LogP contribution is -2.47. The molecule has 0 spiro atoms. The second-order valence-corrected chi connectivity index (χ2v) is 8.17. The second kappa shape index (κ2) is 8.59. The van der Waals surface area contributed by atoms with E-state index in [9.17, 15) is 13.2 Å². The molecule has 0 aliphatic rings. The third-order valence-electron chi connectivity index (χ3n) is 3.37. The fraction of sp³-hybridized carbons (Fsp3) is 0.235. The Labute approximate surface area is 156 Å². The van der Waals surface area contributed by atoms with Gasteiger partial charge in [0.15, 0.2) is 0 Å². The molecule has 0 aliphatic carbocycles. The number of hydrogen-bond donors (Lipinski definition) is 2. The topological polar surface area (TPSA) is 75.3 Å². The van der Waals surface area contributed by atoms with Crippen LogP contribution in [0.15, 0.2) is 59.5 Å². The molecule has 0 saturated heterocycles. The average Bonchev–Trinajstić information content (AvgIpc) is 2.55. The molecule has 7 heteroatoms. The lowest BCUT2D eigenvalue weighted by molar-refractivity contribution is -0.122. The highest BCUT2D eigenvalue weighted by molar-refractivity contribution is 14.1. The average molecular weight is 458 g/mol. The third kappa shape index (κ3) is 5.29. The highest BCUT2D eigenvalue weighted by atomic mass is 127. The van der Waals surface area contributed by atoms with Crippen molar-refractivity contribution in [3.8, 4) is 0 Å². The standard InChI is InChI=1S/C17H19IN2O3S/c1-2-19-17(21)16(12-13-6-4-3-5-7-13)20-24(22,23)15-10-8-14(18)9-11-15/h3-11,16,20H,2,12H2,1H3,(H,19,21)/t16-/m0/s1. The van der Waals surface area contributed by atoms with Crippen molar-refractivity contribution in [1.82, 2.24) is 10.0 Å². The second-order valence-electron chi connectivity index (χ2n) is 5.21. The van der Waals surface area contributed by atoms with Crippen molar-refractivity contribution in [2.45, 2.75) is 24.3 Å². The number of sulfonamides is 1. The molecule has 0 bridgehead atoms. The molecule has 0 heterocycles. The van der Waals surface area contributed by atoms with Crippen LogP contribution in [0.1, 0.15) is 12.5 Å². The number of hydrogen-bond acceptors (Lipinski definition) is 3. The summed E-state index contributed by atoms with van der Waals surface area (Å²) in [6.07, 6.45) is 0.288. The predicted molar refractivity (Wildman–Crippen MR) is 102 cm³/mol. The largest absolute Gasteiger partial charge is 0.355 e. The first-order valence-corrected chi connectivity index (χ1v) is 10.1. The Balaban J connectivity index is 2.23. The number of halogens is 1. The van der Waals surface area contributed by atoms with Gasteiger partial charge < -0.3 is 5.32 Å². The highest BCUT2D eigenvalue weighted by Gasteiger charge is 2.25. The van der Waals surface area contributed by atoms with E-state index in [0.717, 1.165) is 9.13 Å². The Morgan fingerprint density at radius 2 is 1.71 bits per heavy atom. The van der Waals surface area contributed by atoms with Gasteiger partial charge >= 0.3 is 0 Å². The fourth-order valence-electron chi connectivity index (χ4n) is 2.20. The molecule has 2 aromatic rings. The SMILES string of the molecule is CCNC(=O)[C@H](Cc1ccccc1)NS(=O)(=O)c1ccc(I)cc1. The van der Waals surface area contributed by atoms with Crippen molar-refractivity contribution in [2.75, 3.05) is 6.54 Å². The summed E-state index contributed by atoms with van der Waals surface area (Å²) in [7, 11) is -3.77. The first-order chi connectivity index (χ1) is 11.4. The zero-order chi connectivity index (χ0) is 17.6. The van der Waals surface area contributed by atoms with Gasteiger partial charge in [0.1, 0.15) is 6.04 Å². The summed E-state index contributed by atoms with van der Waals surface area (Å²) in [4.78, 5) is 12.4. The molecule has 0 aromatic heterocycles. The van der Waals surface area contributed by atoms with Gasteiger partial charge in [0, 0.05) is 10.1 Å². The van der Waals surface area contributed by atoms with Crippen molar-refractivity contribution in [1.29, 1.82) is 0 Å². The van der Waals surface area contributed by atoms with E-state index >= 15 is 0 Å². The number of rotatable bonds is 7. The Kier molecular flexibility index (Phi) is 6.76. The number of amides is 1. The van der Waals surface area contributed by atoms with Gasteiger partial charge in [-0.3, -0.25) is 4.79 Å². The monoisotopic (exact) mass is 458 g/mol. The molecular weight excluding hydrogens is 439 g/mol. The number of carbonyl (C=O) groups excluding carboxylic acids is 1. The van der Waals surface area contributed by atoms with E-state index < -0.39 is 16.1 Å². The van der Waals surface area contributed by atoms with Gasteiger partial charge in [-0.2, -0.15) is 4.72 Å². The zero-order valence-electron chi connectivity index (χ0n) is 13.2. The van der Waals surface area contributed by atoms with E-state index in [1.807, 2.05) is 30.3 Å². The summed E-state index contributed by atoms with van der Waals surface area (Å²) in [6, 6.07) is 15.0. The molecule has 2 aromatic carbocycles. The molecule has 5 nitrogen and oxygen atoms in total. The maximum atomic E-state index is 12.6. The van der Waals surface area contributed by atoms with Gasteiger partial charge in [0.05, 0.1) is 4.90 Å². The quantitative estimate of drug-likeness (QED) is 0.626. The lowest BCUT2D eigenvalue weighted by atomic mass is 10.1. The maximum Gasteiger partial charge on any atom is 0.241 e. The van der Waals surface area contributed by atoms with Crippen LogP contribution < -0.4 is 10.0 Å². The first kappa shape index (κ1) is 18.9. The van der Waals surface area contributed by atoms with Gasteiger partial charge in [-0.05, 0) is 65.8 Å². The lowest BCUT2D eigenvalue weighted by Gasteiger charge is -2.18. The maximum absolute atomic E-state index is 12.6. The van der Waals surface area contributed by atoms with Crippen LogP contribution in [-0.2, 0) is 21.2 Å². The molecular formula is C17H19IN2O3S. The van der Waals surface area contributed by atoms with E-state index in [0.29, 0.717) is 6.54 Å². The minimum absolute atomic E-state index is 0.144. The van der Waals surface area contributed by atoms with E-state index in [1.54, 1.807) is 19.1 Å². The van der Waals surface area contributed by atoms with Crippen LogP contribution in [-0.4, -0.2) is 26.9 Å². The summed E-state index contributed by atoms with van der Waals surface area (Å²) in [5.41, 5.74) is 0.888. The van der Waals surface area contributed by atoms with Crippen LogP contribution in [0.2, 0.25) is 0 Å². The van der Waals surface area contributed by atoms with Crippen LogP contribution in [0, 0.1) is 3.57 Å². The molecule has 24 heavy (non-hydrogen) atoms. The zero-order valence-corrected chi connectivity index (χ0v) is 16.2. The Morgan fingerprint density at radius 3 is 2.29 bits per heavy atom. The smallest absolute Gasteiger partial charge is 0.241 e. The third-order valence-corrected chi connectivity index (χ3v) is 5.58. The van der Waals surface area contributed by atoms with Crippen molar-refractivity contribution >= 4 is 38.5 Å². The van der Waals surface area contributed by atoms with Crippen LogP contribution in [0.5, 0.6) is 0 Å². The van der Waals surface area contributed by atoms with E-state index in [-0.39, 0.29) is 17.2 Å². The molecule has 0 aliphatic heterocycles. The minimum atomic E-state index is -3.77. The van der Waals surface area contributed by atoms with Gasteiger partial charge in [-0.25, -0.2) is 8.42 Å². The summed E-state index contributed by atoms with van der Waals surface area (Å²) < 4.78 is 28.6. The Hall–Kier alpha value is -1.45. The fourth-order valence-corrected chi connectivity index (χ4v) is 3.76. The molecule has 2 N–H and O–H groups in total. The summed E-state index contributed by atoms with van der Waals surface area (Å²) in [5.74, 6) is -0.338. The van der Waals surface area contributed by atoms with Gasteiger partial charge in [-0.1, -0.05) is 30.3 Å². The molecule has 2 rings (SSSR count). The molecule has 0 fully saturated rings. The van der Waals surface area contributed by atoms with Crippen LogP contribution in [0.25, 0.3) is 0 Å². The minimum Gasteiger partial charge on any atom is -0.355 e. The number of nitrogens with one attached hydrogen (secondary N) is 2. The number of benzene rings is 2. The summed E-state index contributed by atoms with van der Waals surface area (Å²) >= 11 is 2.11. The molecule has 0 radical (unpaired) electrons. The van der Waals surface area contributed by atoms with Gasteiger partial charge in [0.2, 0.25) is 15.9 Å². The van der Waals surface area contributed by atoms with Gasteiger partial charge in [-0.15, -0.1) is 0 Å². The van der Waals surface area contributed by atoms with E-state index in [2.05, 4.69) is 32.6 Å². The Bertz CT molecular complexity index is 777. The molecule has 1 amide bonds. The van der Waals surface area contributed by atoms with Crippen LogP contribution >= 0.6 is 22.6 Å². The molecule has 0 saturated carbocycles. The summed E-state index contributed by atoms with van der Waals surface area (Å²) in [6.45, 7) is 2.24. The van der Waals surface area contributed by atoms with Crippen LogP contribution in [0.3, 0.4) is 0 Å². The highest BCUT2D eigenvalue weighted by Crippen LogP contribution is 2.13. The van der Waals surface area contributed by atoms with E-state index in [1.165, 1.54) is 12.1 Å². The molecule has 128 valence electrons. The van der Waals surface area contributed by atoms with Crippen molar-refractivity contribution < 1.29 is 13.2 Å². The van der Waals surface area contributed by atoms with E-state index in [4.69, 9.17) is 0 Å². The predicted octanol–water partition coefficient (Wildman–Crippen LogP) is 2.32. The molecule has 0 unspecified atom stereocenters.